The minimum absolute atomic E-state index is 0.211. The topological polar surface area (TPSA) is 104 Å². The van der Waals surface area contributed by atoms with E-state index < -0.39 is 6.09 Å². The zero-order valence-corrected chi connectivity index (χ0v) is 12.2. The number of aromatic nitrogens is 4. The molecule has 0 radical (unpaired) electrons. The van der Waals surface area contributed by atoms with E-state index in [1.165, 1.54) is 4.90 Å². The first-order chi connectivity index (χ1) is 10.7. The maximum atomic E-state index is 10.9. The predicted molar refractivity (Wildman–Crippen MR) is 77.7 cm³/mol. The van der Waals surface area contributed by atoms with E-state index in [0.717, 1.165) is 24.2 Å². The molecule has 8 heteroatoms. The molecule has 0 unspecified atom stereocenters. The van der Waals surface area contributed by atoms with E-state index in [2.05, 4.69) is 20.2 Å². The summed E-state index contributed by atoms with van der Waals surface area (Å²) in [6.45, 7) is 1.06. The van der Waals surface area contributed by atoms with Crippen molar-refractivity contribution in [2.75, 3.05) is 20.2 Å². The van der Waals surface area contributed by atoms with E-state index in [1.54, 1.807) is 19.4 Å². The van der Waals surface area contributed by atoms with Crippen LogP contribution in [0, 0.1) is 0 Å². The molecule has 2 aromatic rings. The van der Waals surface area contributed by atoms with Crippen molar-refractivity contribution in [3.63, 3.8) is 0 Å². The number of hydrogen-bond donors (Lipinski definition) is 2. The largest absolute Gasteiger partial charge is 0.481 e. The number of aromatic amines is 1. The SMILES string of the molecule is COc1ccc(-c2n[nH]c(C3CCN(C(=O)O)CC3)n2)cn1. The number of carbonyl (C=O) groups is 1. The maximum Gasteiger partial charge on any atom is 0.407 e. The molecule has 1 amide bonds. The van der Waals surface area contributed by atoms with Crippen LogP contribution in [-0.4, -0.2) is 56.5 Å². The molecule has 1 saturated heterocycles. The smallest absolute Gasteiger partial charge is 0.407 e. The zero-order valence-electron chi connectivity index (χ0n) is 12.2. The van der Waals surface area contributed by atoms with Crippen LogP contribution in [0.1, 0.15) is 24.6 Å². The Morgan fingerprint density at radius 2 is 2.18 bits per heavy atom. The van der Waals surface area contributed by atoms with Crippen molar-refractivity contribution in [2.45, 2.75) is 18.8 Å². The standard InChI is InChI=1S/C14H17N5O3/c1-22-11-3-2-10(8-15-11)13-16-12(17-18-13)9-4-6-19(7-5-9)14(20)21/h2-3,8-9H,4-7H2,1H3,(H,20,21)(H,16,17,18). The van der Waals surface area contributed by atoms with Crippen molar-refractivity contribution in [3.8, 4) is 17.3 Å². The Bertz CT molecular complexity index is 647. The first-order valence-electron chi connectivity index (χ1n) is 7.08. The van der Waals surface area contributed by atoms with Gasteiger partial charge in [-0.2, -0.15) is 5.10 Å². The normalized spacial score (nSPS) is 15.8. The quantitative estimate of drug-likeness (QED) is 0.895. The molecular weight excluding hydrogens is 286 g/mol. The average Bonchev–Trinajstić information content (AvgIpc) is 3.05. The van der Waals surface area contributed by atoms with Crippen LogP contribution in [-0.2, 0) is 0 Å². The fourth-order valence-corrected chi connectivity index (χ4v) is 2.56. The molecule has 3 rings (SSSR count). The van der Waals surface area contributed by atoms with Gasteiger partial charge in [0.15, 0.2) is 5.82 Å². The van der Waals surface area contributed by atoms with Gasteiger partial charge in [-0.05, 0) is 18.9 Å². The minimum Gasteiger partial charge on any atom is -0.481 e. The molecule has 0 bridgehead atoms. The van der Waals surface area contributed by atoms with E-state index in [0.29, 0.717) is 24.8 Å². The Morgan fingerprint density at radius 3 is 2.77 bits per heavy atom. The van der Waals surface area contributed by atoms with Crippen LogP contribution in [0.4, 0.5) is 4.79 Å². The Balaban J connectivity index is 1.70. The van der Waals surface area contributed by atoms with Crippen LogP contribution in [0.3, 0.4) is 0 Å². The number of carboxylic acid groups (broad SMARTS) is 1. The lowest BCUT2D eigenvalue weighted by Gasteiger charge is -2.28. The highest BCUT2D eigenvalue weighted by Crippen LogP contribution is 2.27. The van der Waals surface area contributed by atoms with Crippen LogP contribution in [0.2, 0.25) is 0 Å². The fourth-order valence-electron chi connectivity index (χ4n) is 2.56. The van der Waals surface area contributed by atoms with Crippen molar-refractivity contribution in [1.82, 2.24) is 25.1 Å². The van der Waals surface area contributed by atoms with E-state index in [9.17, 15) is 4.79 Å². The summed E-state index contributed by atoms with van der Waals surface area (Å²) in [4.78, 5) is 21.0. The molecule has 2 N–H and O–H groups in total. The lowest BCUT2D eigenvalue weighted by atomic mass is 9.96. The lowest BCUT2D eigenvalue weighted by Crippen LogP contribution is -2.37. The second-order valence-electron chi connectivity index (χ2n) is 5.18. The zero-order chi connectivity index (χ0) is 15.5. The second kappa shape index (κ2) is 6.00. The molecule has 0 aliphatic carbocycles. The summed E-state index contributed by atoms with van der Waals surface area (Å²) in [7, 11) is 1.57. The molecule has 0 saturated carbocycles. The minimum atomic E-state index is -0.860. The number of hydrogen-bond acceptors (Lipinski definition) is 5. The number of piperidine rings is 1. The summed E-state index contributed by atoms with van der Waals surface area (Å²) in [5.41, 5.74) is 0.811. The number of nitrogens with zero attached hydrogens (tertiary/aromatic N) is 4. The van der Waals surface area contributed by atoms with E-state index in [-0.39, 0.29) is 5.92 Å². The molecular formula is C14H17N5O3. The van der Waals surface area contributed by atoms with Gasteiger partial charge in [0.25, 0.3) is 0 Å². The Hall–Kier alpha value is -2.64. The first kappa shape index (κ1) is 14.3. The first-order valence-corrected chi connectivity index (χ1v) is 7.08. The third kappa shape index (κ3) is 2.85. The van der Waals surface area contributed by atoms with Gasteiger partial charge in [-0.3, -0.25) is 5.10 Å². The van der Waals surface area contributed by atoms with Gasteiger partial charge in [-0.1, -0.05) is 0 Å². The van der Waals surface area contributed by atoms with Gasteiger partial charge in [0.05, 0.1) is 7.11 Å². The van der Waals surface area contributed by atoms with Gasteiger partial charge in [0, 0.05) is 36.8 Å². The number of methoxy groups -OCH3 is 1. The number of pyridine rings is 1. The summed E-state index contributed by atoms with van der Waals surface area (Å²) in [6, 6.07) is 3.61. The monoisotopic (exact) mass is 303 g/mol. The third-order valence-electron chi connectivity index (χ3n) is 3.86. The number of ether oxygens (including phenoxy) is 1. The van der Waals surface area contributed by atoms with Gasteiger partial charge in [0.1, 0.15) is 5.82 Å². The molecule has 2 aromatic heterocycles. The molecule has 0 aromatic carbocycles. The van der Waals surface area contributed by atoms with Gasteiger partial charge in [-0.25, -0.2) is 14.8 Å². The van der Waals surface area contributed by atoms with E-state index in [1.807, 2.05) is 6.07 Å². The van der Waals surface area contributed by atoms with Crippen molar-refractivity contribution >= 4 is 6.09 Å². The van der Waals surface area contributed by atoms with Crippen LogP contribution in [0.15, 0.2) is 18.3 Å². The number of H-pyrrole nitrogens is 1. The summed E-state index contributed by atoms with van der Waals surface area (Å²) in [6.07, 6.45) is 2.31. The number of likely N-dealkylation sites (tertiary alicyclic amines) is 1. The number of rotatable bonds is 3. The lowest BCUT2D eigenvalue weighted by molar-refractivity contribution is 0.131. The van der Waals surface area contributed by atoms with Crippen molar-refractivity contribution < 1.29 is 14.6 Å². The van der Waals surface area contributed by atoms with Gasteiger partial charge in [0.2, 0.25) is 5.88 Å². The van der Waals surface area contributed by atoms with Crippen LogP contribution < -0.4 is 4.74 Å². The van der Waals surface area contributed by atoms with E-state index >= 15 is 0 Å². The Labute approximate surface area is 127 Å². The predicted octanol–water partition coefficient (Wildman–Crippen LogP) is 1.73. The average molecular weight is 303 g/mol. The van der Waals surface area contributed by atoms with Crippen molar-refractivity contribution in [3.05, 3.63) is 24.2 Å². The Morgan fingerprint density at radius 1 is 1.41 bits per heavy atom. The third-order valence-corrected chi connectivity index (χ3v) is 3.86. The van der Waals surface area contributed by atoms with Crippen LogP contribution in [0.5, 0.6) is 5.88 Å². The highest BCUT2D eigenvalue weighted by Gasteiger charge is 2.25. The molecule has 1 aliphatic heterocycles. The van der Waals surface area contributed by atoms with Gasteiger partial charge in [-0.15, -0.1) is 0 Å². The fraction of sp³-hybridized carbons (Fsp3) is 0.429. The second-order valence-corrected chi connectivity index (χ2v) is 5.18. The summed E-state index contributed by atoms with van der Waals surface area (Å²) >= 11 is 0. The molecule has 0 atom stereocenters. The summed E-state index contributed by atoms with van der Waals surface area (Å²) < 4.78 is 5.02. The molecule has 22 heavy (non-hydrogen) atoms. The molecule has 8 nitrogen and oxygen atoms in total. The highest BCUT2D eigenvalue weighted by atomic mass is 16.5. The molecule has 1 fully saturated rings. The molecule has 3 heterocycles. The van der Waals surface area contributed by atoms with Crippen LogP contribution >= 0.6 is 0 Å². The highest BCUT2D eigenvalue weighted by molar-refractivity contribution is 5.65. The van der Waals surface area contributed by atoms with E-state index in [4.69, 9.17) is 9.84 Å². The summed E-state index contributed by atoms with van der Waals surface area (Å²) in [5, 5.41) is 16.1. The van der Waals surface area contributed by atoms with Crippen LogP contribution in [0.25, 0.3) is 11.4 Å². The molecule has 1 aliphatic rings. The van der Waals surface area contributed by atoms with Gasteiger partial charge < -0.3 is 14.7 Å². The molecule has 0 spiro atoms. The summed E-state index contributed by atoms with van der Waals surface area (Å²) in [5.74, 6) is 2.14. The maximum absolute atomic E-state index is 10.9. The molecule has 116 valence electrons. The van der Waals surface area contributed by atoms with Gasteiger partial charge >= 0.3 is 6.09 Å². The van der Waals surface area contributed by atoms with Crippen molar-refractivity contribution in [1.29, 1.82) is 0 Å². The van der Waals surface area contributed by atoms with Crippen molar-refractivity contribution in [2.24, 2.45) is 0 Å². The number of amides is 1. The number of nitrogens with one attached hydrogen (secondary N) is 1. The Kier molecular flexibility index (Phi) is 3.90.